The predicted octanol–water partition coefficient (Wildman–Crippen LogP) is -0.786. The second kappa shape index (κ2) is 8.00. The third kappa shape index (κ3) is 5.48. The number of methoxy groups -OCH3 is 1. The molecule has 0 aromatic heterocycles. The summed E-state index contributed by atoms with van der Waals surface area (Å²) in [5.74, 6) is -0.430. The number of hydrogen-bond donors (Lipinski definition) is 3. The van der Waals surface area contributed by atoms with E-state index in [2.05, 4.69) is 15.4 Å². The molecule has 1 aliphatic rings. The summed E-state index contributed by atoms with van der Waals surface area (Å²) in [4.78, 5) is 33.9. The standard InChI is InChI=1S/C11H18N2O5S/c1-18-9(14)3-2-7(11(16)17)13-10(15)8-6-19-5-4-12-8/h7-8,12H,2-6H2,1H3,(H,13,15)(H,16,17). The fraction of sp³-hybridized carbons (Fsp3) is 0.727. The zero-order valence-electron chi connectivity index (χ0n) is 10.7. The minimum Gasteiger partial charge on any atom is -0.480 e. The van der Waals surface area contributed by atoms with Gasteiger partial charge in [-0.05, 0) is 6.42 Å². The summed E-state index contributed by atoms with van der Waals surface area (Å²) < 4.78 is 4.44. The maximum atomic E-state index is 11.9. The minimum atomic E-state index is -1.15. The van der Waals surface area contributed by atoms with E-state index in [1.807, 2.05) is 0 Å². The normalized spacial score (nSPS) is 20.4. The smallest absolute Gasteiger partial charge is 0.326 e. The van der Waals surface area contributed by atoms with E-state index in [1.54, 1.807) is 11.8 Å². The van der Waals surface area contributed by atoms with Crippen LogP contribution in [0.5, 0.6) is 0 Å². The maximum absolute atomic E-state index is 11.9. The molecule has 1 fully saturated rings. The number of aliphatic carboxylic acids is 1. The van der Waals surface area contributed by atoms with E-state index in [1.165, 1.54) is 7.11 Å². The first kappa shape index (κ1) is 15.8. The highest BCUT2D eigenvalue weighted by Gasteiger charge is 2.26. The molecule has 1 aliphatic heterocycles. The van der Waals surface area contributed by atoms with E-state index in [0.717, 1.165) is 12.3 Å². The van der Waals surface area contributed by atoms with Crippen LogP contribution in [0.15, 0.2) is 0 Å². The number of esters is 1. The first-order chi connectivity index (χ1) is 9.04. The molecule has 0 radical (unpaired) electrons. The average molecular weight is 290 g/mol. The molecule has 108 valence electrons. The van der Waals surface area contributed by atoms with Gasteiger partial charge in [0, 0.05) is 24.5 Å². The second-order valence-electron chi connectivity index (χ2n) is 4.10. The Morgan fingerprint density at radius 3 is 2.79 bits per heavy atom. The van der Waals surface area contributed by atoms with Gasteiger partial charge in [0.05, 0.1) is 13.2 Å². The zero-order chi connectivity index (χ0) is 14.3. The molecule has 2 atom stereocenters. The Balaban J connectivity index is 2.45. The predicted molar refractivity (Wildman–Crippen MR) is 69.9 cm³/mol. The van der Waals surface area contributed by atoms with E-state index >= 15 is 0 Å². The summed E-state index contributed by atoms with van der Waals surface area (Å²) in [5.41, 5.74) is 0. The SMILES string of the molecule is COC(=O)CCC(NC(=O)C1CSCCN1)C(=O)O. The van der Waals surface area contributed by atoms with Crippen molar-refractivity contribution in [2.75, 3.05) is 25.2 Å². The van der Waals surface area contributed by atoms with E-state index in [9.17, 15) is 14.4 Å². The largest absolute Gasteiger partial charge is 0.480 e. The highest BCUT2D eigenvalue weighted by molar-refractivity contribution is 7.99. The summed E-state index contributed by atoms with van der Waals surface area (Å²) in [5, 5.41) is 14.5. The van der Waals surface area contributed by atoms with Gasteiger partial charge in [0.25, 0.3) is 0 Å². The highest BCUT2D eigenvalue weighted by Crippen LogP contribution is 2.08. The topological polar surface area (TPSA) is 105 Å². The van der Waals surface area contributed by atoms with E-state index in [-0.39, 0.29) is 24.8 Å². The molecule has 1 saturated heterocycles. The summed E-state index contributed by atoms with van der Waals surface area (Å²) in [6.45, 7) is 0.725. The van der Waals surface area contributed by atoms with Crippen molar-refractivity contribution in [2.24, 2.45) is 0 Å². The minimum absolute atomic E-state index is 0.0214. The number of carboxylic acid groups (broad SMARTS) is 1. The van der Waals surface area contributed by atoms with Crippen molar-refractivity contribution in [1.29, 1.82) is 0 Å². The number of ether oxygens (including phenoxy) is 1. The van der Waals surface area contributed by atoms with Gasteiger partial charge < -0.3 is 20.5 Å². The van der Waals surface area contributed by atoms with Crippen LogP contribution in [0.25, 0.3) is 0 Å². The first-order valence-corrected chi connectivity index (χ1v) is 7.11. The molecule has 0 aliphatic carbocycles. The molecule has 0 spiro atoms. The number of rotatable bonds is 6. The number of carboxylic acids is 1. The highest BCUT2D eigenvalue weighted by atomic mass is 32.2. The summed E-state index contributed by atoms with van der Waals surface area (Å²) in [6.07, 6.45) is -0.0196. The van der Waals surface area contributed by atoms with E-state index in [0.29, 0.717) is 5.75 Å². The van der Waals surface area contributed by atoms with Gasteiger partial charge in [0.1, 0.15) is 6.04 Å². The fourth-order valence-corrected chi connectivity index (χ4v) is 2.56. The zero-order valence-corrected chi connectivity index (χ0v) is 11.5. The first-order valence-electron chi connectivity index (χ1n) is 5.95. The van der Waals surface area contributed by atoms with Gasteiger partial charge in [-0.15, -0.1) is 0 Å². The van der Waals surface area contributed by atoms with Crippen molar-refractivity contribution in [3.8, 4) is 0 Å². The van der Waals surface area contributed by atoms with Gasteiger partial charge in [-0.2, -0.15) is 11.8 Å². The third-order valence-corrected chi connectivity index (χ3v) is 3.78. The summed E-state index contributed by atoms with van der Waals surface area (Å²) in [6, 6.07) is -1.45. The van der Waals surface area contributed by atoms with Crippen LogP contribution in [0.1, 0.15) is 12.8 Å². The van der Waals surface area contributed by atoms with Crippen molar-refractivity contribution in [2.45, 2.75) is 24.9 Å². The number of thioether (sulfide) groups is 1. The van der Waals surface area contributed by atoms with Crippen LogP contribution >= 0.6 is 11.8 Å². The van der Waals surface area contributed by atoms with Crippen molar-refractivity contribution in [3.05, 3.63) is 0 Å². The number of nitrogens with one attached hydrogen (secondary N) is 2. The fourth-order valence-electron chi connectivity index (χ4n) is 1.63. The van der Waals surface area contributed by atoms with Crippen LogP contribution in [0.4, 0.5) is 0 Å². The quantitative estimate of drug-likeness (QED) is 0.551. The molecule has 1 rings (SSSR count). The Labute approximate surface area is 115 Å². The lowest BCUT2D eigenvalue weighted by Crippen LogP contribution is -2.53. The number of amides is 1. The second-order valence-corrected chi connectivity index (χ2v) is 5.25. The molecule has 19 heavy (non-hydrogen) atoms. The number of hydrogen-bond acceptors (Lipinski definition) is 6. The van der Waals surface area contributed by atoms with Gasteiger partial charge in [-0.25, -0.2) is 4.79 Å². The van der Waals surface area contributed by atoms with Crippen molar-refractivity contribution in [3.63, 3.8) is 0 Å². The Bertz CT molecular complexity index is 344. The number of carbonyl (C=O) groups is 3. The van der Waals surface area contributed by atoms with E-state index < -0.39 is 18.0 Å². The molecule has 8 heteroatoms. The van der Waals surface area contributed by atoms with Gasteiger partial charge in [-0.1, -0.05) is 0 Å². The Morgan fingerprint density at radius 1 is 1.53 bits per heavy atom. The number of carbonyl (C=O) groups excluding carboxylic acids is 2. The van der Waals surface area contributed by atoms with Gasteiger partial charge >= 0.3 is 11.9 Å². The molecule has 0 aromatic rings. The third-order valence-electron chi connectivity index (χ3n) is 2.72. The molecular weight excluding hydrogens is 272 g/mol. The molecule has 0 bridgehead atoms. The molecule has 1 heterocycles. The van der Waals surface area contributed by atoms with Crippen molar-refractivity contribution in [1.82, 2.24) is 10.6 Å². The lowest BCUT2D eigenvalue weighted by Gasteiger charge is -2.24. The van der Waals surface area contributed by atoms with Crippen LogP contribution in [0.2, 0.25) is 0 Å². The molecule has 3 N–H and O–H groups in total. The lowest BCUT2D eigenvalue weighted by molar-refractivity contribution is -0.144. The van der Waals surface area contributed by atoms with Crippen LogP contribution in [-0.2, 0) is 19.1 Å². The van der Waals surface area contributed by atoms with Gasteiger partial charge in [0.15, 0.2) is 0 Å². The Morgan fingerprint density at radius 2 is 2.26 bits per heavy atom. The average Bonchev–Trinajstić information content (AvgIpc) is 2.43. The summed E-state index contributed by atoms with van der Waals surface area (Å²) >= 11 is 1.64. The molecule has 2 unspecified atom stereocenters. The lowest BCUT2D eigenvalue weighted by atomic mass is 10.1. The Hall–Kier alpha value is -1.28. The van der Waals surface area contributed by atoms with Crippen molar-refractivity contribution < 1.29 is 24.2 Å². The van der Waals surface area contributed by atoms with Crippen LogP contribution in [0.3, 0.4) is 0 Å². The van der Waals surface area contributed by atoms with Gasteiger partial charge in [0.2, 0.25) is 5.91 Å². The molecule has 1 amide bonds. The van der Waals surface area contributed by atoms with E-state index in [4.69, 9.17) is 5.11 Å². The van der Waals surface area contributed by atoms with Crippen molar-refractivity contribution >= 4 is 29.6 Å². The maximum Gasteiger partial charge on any atom is 0.326 e. The monoisotopic (exact) mass is 290 g/mol. The Kier molecular flexibility index (Phi) is 6.65. The molecule has 0 saturated carbocycles. The van der Waals surface area contributed by atoms with Crippen LogP contribution in [-0.4, -0.2) is 60.2 Å². The molecule has 7 nitrogen and oxygen atoms in total. The molecule has 0 aromatic carbocycles. The van der Waals surface area contributed by atoms with Gasteiger partial charge in [-0.3, -0.25) is 9.59 Å². The van der Waals surface area contributed by atoms with Crippen LogP contribution in [0, 0.1) is 0 Å². The molecular formula is C11H18N2O5S. The van der Waals surface area contributed by atoms with Crippen LogP contribution < -0.4 is 10.6 Å². The summed E-state index contributed by atoms with van der Waals surface area (Å²) in [7, 11) is 1.24.